The molecule has 0 saturated heterocycles. The summed E-state index contributed by atoms with van der Waals surface area (Å²) in [5.41, 5.74) is 0. The standard InChI is InChI=1S/C14H27NO/c1-4-15-14(10(2)16-3)9-13-8-11-5-6-12(13)7-11/h10-15H,4-9H2,1-3H3. The van der Waals surface area contributed by atoms with Crippen molar-refractivity contribution >= 4 is 0 Å². The van der Waals surface area contributed by atoms with Gasteiger partial charge in [0.25, 0.3) is 0 Å². The molecule has 2 nitrogen and oxygen atoms in total. The van der Waals surface area contributed by atoms with Crippen molar-refractivity contribution in [1.29, 1.82) is 0 Å². The lowest BCUT2D eigenvalue weighted by molar-refractivity contribution is 0.0699. The monoisotopic (exact) mass is 225 g/mol. The van der Waals surface area contributed by atoms with Crippen LogP contribution in [-0.4, -0.2) is 25.8 Å². The summed E-state index contributed by atoms with van der Waals surface area (Å²) in [6, 6.07) is 0.555. The number of ether oxygens (including phenoxy) is 1. The van der Waals surface area contributed by atoms with E-state index < -0.39 is 0 Å². The molecule has 5 unspecified atom stereocenters. The van der Waals surface area contributed by atoms with Crippen LogP contribution in [0.25, 0.3) is 0 Å². The van der Waals surface area contributed by atoms with Gasteiger partial charge in [-0.25, -0.2) is 0 Å². The second-order valence-electron chi connectivity index (χ2n) is 5.78. The van der Waals surface area contributed by atoms with Crippen molar-refractivity contribution in [3.8, 4) is 0 Å². The van der Waals surface area contributed by atoms with Gasteiger partial charge in [0.2, 0.25) is 0 Å². The number of methoxy groups -OCH3 is 1. The maximum Gasteiger partial charge on any atom is 0.0696 e. The zero-order valence-electron chi connectivity index (χ0n) is 11.0. The maximum absolute atomic E-state index is 5.49. The van der Waals surface area contributed by atoms with Crippen LogP contribution in [0, 0.1) is 17.8 Å². The summed E-state index contributed by atoms with van der Waals surface area (Å²) >= 11 is 0. The SMILES string of the molecule is CCNC(CC1CC2CCC1C2)C(C)OC. The highest BCUT2D eigenvalue weighted by atomic mass is 16.5. The van der Waals surface area contributed by atoms with Crippen molar-refractivity contribution in [3.63, 3.8) is 0 Å². The predicted molar refractivity (Wildman–Crippen MR) is 67.5 cm³/mol. The Labute approximate surface area is 100 Å². The van der Waals surface area contributed by atoms with Gasteiger partial charge in [0.1, 0.15) is 0 Å². The van der Waals surface area contributed by atoms with E-state index in [1.165, 1.54) is 32.1 Å². The van der Waals surface area contributed by atoms with Gasteiger partial charge in [0.05, 0.1) is 6.10 Å². The van der Waals surface area contributed by atoms with Crippen molar-refractivity contribution < 1.29 is 4.74 Å². The first kappa shape index (κ1) is 12.4. The molecule has 94 valence electrons. The molecule has 0 radical (unpaired) electrons. The van der Waals surface area contributed by atoms with E-state index in [1.54, 1.807) is 0 Å². The molecular formula is C14H27NO. The molecule has 2 saturated carbocycles. The largest absolute Gasteiger partial charge is 0.380 e. The van der Waals surface area contributed by atoms with E-state index in [9.17, 15) is 0 Å². The van der Waals surface area contributed by atoms with E-state index >= 15 is 0 Å². The normalized spacial score (nSPS) is 36.6. The van der Waals surface area contributed by atoms with Crippen LogP contribution in [0.2, 0.25) is 0 Å². The number of nitrogens with one attached hydrogen (secondary N) is 1. The van der Waals surface area contributed by atoms with Crippen LogP contribution >= 0.6 is 0 Å². The Hall–Kier alpha value is -0.0800. The average Bonchev–Trinajstić information content (AvgIpc) is 2.89. The lowest BCUT2D eigenvalue weighted by atomic mass is 9.83. The molecule has 5 atom stereocenters. The van der Waals surface area contributed by atoms with Gasteiger partial charge >= 0.3 is 0 Å². The molecule has 0 aromatic carbocycles. The van der Waals surface area contributed by atoms with Gasteiger partial charge in [-0.05, 0) is 56.9 Å². The lowest BCUT2D eigenvalue weighted by Gasteiger charge is -2.30. The number of hydrogen-bond acceptors (Lipinski definition) is 2. The molecule has 1 N–H and O–H groups in total. The van der Waals surface area contributed by atoms with E-state index in [0.717, 1.165) is 24.3 Å². The van der Waals surface area contributed by atoms with Crippen molar-refractivity contribution in [2.24, 2.45) is 17.8 Å². The highest BCUT2D eigenvalue weighted by Gasteiger charge is 2.40. The van der Waals surface area contributed by atoms with E-state index in [4.69, 9.17) is 4.74 Å². The molecule has 0 amide bonds. The van der Waals surface area contributed by atoms with Gasteiger partial charge in [-0.3, -0.25) is 0 Å². The van der Waals surface area contributed by atoms with E-state index in [-0.39, 0.29) is 0 Å². The third-order valence-corrected chi connectivity index (χ3v) is 4.85. The smallest absolute Gasteiger partial charge is 0.0696 e. The number of likely N-dealkylation sites (N-methyl/N-ethyl adjacent to an activating group) is 1. The first-order chi connectivity index (χ1) is 7.74. The molecule has 0 aliphatic heterocycles. The molecular weight excluding hydrogens is 198 g/mol. The fourth-order valence-corrected chi connectivity index (χ4v) is 3.86. The Bertz CT molecular complexity index is 219. The Morgan fingerprint density at radius 2 is 2.12 bits per heavy atom. The van der Waals surface area contributed by atoms with Crippen molar-refractivity contribution in [2.45, 2.75) is 58.1 Å². The van der Waals surface area contributed by atoms with Crippen LogP contribution in [0.15, 0.2) is 0 Å². The van der Waals surface area contributed by atoms with E-state index in [2.05, 4.69) is 19.2 Å². The zero-order valence-corrected chi connectivity index (χ0v) is 11.0. The summed E-state index contributed by atoms with van der Waals surface area (Å²) in [4.78, 5) is 0. The molecule has 16 heavy (non-hydrogen) atoms. The van der Waals surface area contributed by atoms with Gasteiger partial charge in [-0.1, -0.05) is 13.3 Å². The van der Waals surface area contributed by atoms with Gasteiger partial charge in [-0.2, -0.15) is 0 Å². The second-order valence-corrected chi connectivity index (χ2v) is 5.78. The zero-order chi connectivity index (χ0) is 11.5. The molecule has 2 fully saturated rings. The molecule has 0 aromatic rings. The molecule has 2 heteroatoms. The van der Waals surface area contributed by atoms with Crippen molar-refractivity contribution in [3.05, 3.63) is 0 Å². The first-order valence-corrected chi connectivity index (χ1v) is 7.00. The first-order valence-electron chi connectivity index (χ1n) is 7.00. The molecule has 2 aliphatic carbocycles. The molecule has 0 heterocycles. The van der Waals surface area contributed by atoms with Crippen LogP contribution in [0.4, 0.5) is 0 Å². The number of hydrogen-bond donors (Lipinski definition) is 1. The quantitative estimate of drug-likeness (QED) is 0.750. The molecule has 2 bridgehead atoms. The lowest BCUT2D eigenvalue weighted by Crippen LogP contribution is -2.41. The van der Waals surface area contributed by atoms with Crippen molar-refractivity contribution in [2.75, 3.05) is 13.7 Å². The average molecular weight is 225 g/mol. The fourth-order valence-electron chi connectivity index (χ4n) is 3.86. The molecule has 0 aromatic heterocycles. The van der Waals surface area contributed by atoms with Crippen LogP contribution < -0.4 is 5.32 Å². The summed E-state index contributed by atoms with van der Waals surface area (Å²) in [6.07, 6.45) is 7.68. The summed E-state index contributed by atoms with van der Waals surface area (Å²) in [6.45, 7) is 5.44. The minimum absolute atomic E-state index is 0.346. The molecule has 0 spiro atoms. The van der Waals surface area contributed by atoms with Crippen molar-refractivity contribution in [1.82, 2.24) is 5.32 Å². The van der Waals surface area contributed by atoms with Crippen LogP contribution in [0.3, 0.4) is 0 Å². The Morgan fingerprint density at radius 3 is 2.62 bits per heavy atom. The Morgan fingerprint density at radius 1 is 1.31 bits per heavy atom. The maximum atomic E-state index is 5.49. The van der Waals surface area contributed by atoms with E-state index in [0.29, 0.717) is 12.1 Å². The number of rotatable bonds is 6. The Kier molecular flexibility index (Phi) is 4.26. The van der Waals surface area contributed by atoms with Gasteiger partial charge in [0.15, 0.2) is 0 Å². The highest BCUT2D eigenvalue weighted by molar-refractivity contribution is 4.92. The minimum Gasteiger partial charge on any atom is -0.380 e. The van der Waals surface area contributed by atoms with Gasteiger partial charge < -0.3 is 10.1 Å². The van der Waals surface area contributed by atoms with Gasteiger partial charge in [-0.15, -0.1) is 0 Å². The Balaban J connectivity index is 1.85. The second kappa shape index (κ2) is 5.50. The summed E-state index contributed by atoms with van der Waals surface area (Å²) in [7, 11) is 1.83. The summed E-state index contributed by atoms with van der Waals surface area (Å²) in [5, 5.41) is 3.59. The molecule has 2 rings (SSSR count). The molecule has 2 aliphatic rings. The van der Waals surface area contributed by atoms with Gasteiger partial charge in [0, 0.05) is 13.2 Å². The highest BCUT2D eigenvalue weighted by Crippen LogP contribution is 2.50. The third-order valence-electron chi connectivity index (χ3n) is 4.85. The van der Waals surface area contributed by atoms with E-state index in [1.807, 2.05) is 7.11 Å². The fraction of sp³-hybridized carbons (Fsp3) is 1.00. The number of fused-ring (bicyclic) bond motifs is 2. The summed E-state index contributed by atoms with van der Waals surface area (Å²) < 4.78 is 5.49. The van der Waals surface area contributed by atoms with Crippen LogP contribution in [-0.2, 0) is 4.74 Å². The van der Waals surface area contributed by atoms with Crippen LogP contribution in [0.5, 0.6) is 0 Å². The predicted octanol–water partition coefficient (Wildman–Crippen LogP) is 2.83. The summed E-state index contributed by atoms with van der Waals surface area (Å²) in [5.74, 6) is 3.07. The topological polar surface area (TPSA) is 21.3 Å². The minimum atomic E-state index is 0.346. The van der Waals surface area contributed by atoms with Crippen LogP contribution in [0.1, 0.15) is 46.0 Å². The third kappa shape index (κ3) is 2.60.